The van der Waals surface area contributed by atoms with Gasteiger partial charge in [-0.1, -0.05) is 47.7 Å². The minimum atomic E-state index is -0.218. The van der Waals surface area contributed by atoms with Crippen LogP contribution in [0.1, 0.15) is 23.1 Å². The molecule has 2 aromatic carbocycles. The number of halogens is 1. The minimum absolute atomic E-state index is 0.218. The average Bonchev–Trinajstić information content (AvgIpc) is 3.02. The Bertz CT molecular complexity index is 1010. The lowest BCUT2D eigenvalue weighted by Crippen LogP contribution is -2.17. The van der Waals surface area contributed by atoms with Crippen molar-refractivity contribution in [3.05, 3.63) is 56.9 Å². The summed E-state index contributed by atoms with van der Waals surface area (Å²) in [7, 11) is 1.55. The van der Waals surface area contributed by atoms with Crippen LogP contribution in [0.3, 0.4) is 0 Å². The summed E-state index contributed by atoms with van der Waals surface area (Å²) in [6.45, 7) is 5.06. The second-order valence-electron chi connectivity index (χ2n) is 6.63. The number of thioether (sulfide) groups is 1. The van der Waals surface area contributed by atoms with Gasteiger partial charge in [0.25, 0.3) is 5.91 Å². The van der Waals surface area contributed by atoms with Crippen molar-refractivity contribution in [2.24, 2.45) is 0 Å². The lowest BCUT2D eigenvalue weighted by molar-refractivity contribution is -0.115. The molecule has 1 aliphatic rings. The van der Waals surface area contributed by atoms with E-state index in [1.807, 2.05) is 19.1 Å². The molecule has 158 valence electrons. The molecule has 0 spiro atoms. The maximum absolute atomic E-state index is 11.9. The summed E-state index contributed by atoms with van der Waals surface area (Å²) in [5.41, 5.74) is 3.07. The van der Waals surface area contributed by atoms with Crippen LogP contribution in [-0.2, 0) is 4.79 Å². The van der Waals surface area contributed by atoms with E-state index >= 15 is 0 Å². The van der Waals surface area contributed by atoms with E-state index in [1.165, 1.54) is 17.3 Å². The number of carbonyl (C=O) groups is 1. The molecule has 3 rings (SSSR count). The summed E-state index contributed by atoms with van der Waals surface area (Å²) >= 11 is 12.6. The lowest BCUT2D eigenvalue weighted by atomic mass is 10.1. The van der Waals surface area contributed by atoms with Crippen LogP contribution < -0.4 is 19.5 Å². The number of ether oxygens (including phenoxy) is 3. The molecule has 0 saturated carbocycles. The monoisotopic (exact) mass is 463 g/mol. The fourth-order valence-corrected chi connectivity index (χ4v) is 4.15. The zero-order valence-corrected chi connectivity index (χ0v) is 19.3. The Balaban J connectivity index is 1.61. The number of hydrogen-bond donors (Lipinski definition) is 1. The SMILES string of the molecule is COc1cc(/C=C2/SC(=S)NC2=O)cc(Cl)c1OCCCOc1cccc(C)c1C. The first kappa shape index (κ1) is 22.5. The molecule has 1 heterocycles. The van der Waals surface area contributed by atoms with Crippen LogP contribution in [-0.4, -0.2) is 30.6 Å². The lowest BCUT2D eigenvalue weighted by Gasteiger charge is -2.14. The van der Waals surface area contributed by atoms with Gasteiger partial charge in [-0.2, -0.15) is 0 Å². The van der Waals surface area contributed by atoms with Gasteiger partial charge in [0.05, 0.1) is 30.3 Å². The van der Waals surface area contributed by atoms with Crippen LogP contribution in [0.15, 0.2) is 35.2 Å². The van der Waals surface area contributed by atoms with Gasteiger partial charge in [0, 0.05) is 6.42 Å². The van der Waals surface area contributed by atoms with Crippen LogP contribution in [0.5, 0.6) is 17.2 Å². The first-order valence-corrected chi connectivity index (χ1v) is 10.9. The third-order valence-electron chi connectivity index (χ3n) is 4.54. The topological polar surface area (TPSA) is 56.8 Å². The Labute approximate surface area is 190 Å². The van der Waals surface area contributed by atoms with Crippen molar-refractivity contribution in [3.8, 4) is 17.2 Å². The maximum Gasteiger partial charge on any atom is 0.263 e. The molecule has 1 aliphatic heterocycles. The average molecular weight is 464 g/mol. The molecule has 1 saturated heterocycles. The van der Waals surface area contributed by atoms with Gasteiger partial charge in [-0.05, 0) is 54.8 Å². The van der Waals surface area contributed by atoms with Gasteiger partial charge in [0.1, 0.15) is 10.1 Å². The molecule has 1 fully saturated rings. The summed E-state index contributed by atoms with van der Waals surface area (Å²) in [5.74, 6) is 1.63. The predicted molar refractivity (Wildman–Crippen MR) is 126 cm³/mol. The van der Waals surface area contributed by atoms with E-state index in [2.05, 4.69) is 18.3 Å². The molecule has 0 unspecified atom stereocenters. The van der Waals surface area contributed by atoms with Crippen molar-refractivity contribution < 1.29 is 19.0 Å². The Hall–Kier alpha value is -2.22. The van der Waals surface area contributed by atoms with Crippen molar-refractivity contribution in [1.29, 1.82) is 0 Å². The van der Waals surface area contributed by atoms with E-state index in [1.54, 1.807) is 25.3 Å². The number of hydrogen-bond acceptors (Lipinski definition) is 6. The Kier molecular flexibility index (Phi) is 7.64. The van der Waals surface area contributed by atoms with E-state index in [0.717, 1.165) is 16.9 Å². The first-order chi connectivity index (χ1) is 14.4. The van der Waals surface area contributed by atoms with Crippen LogP contribution in [0.4, 0.5) is 0 Å². The first-order valence-electron chi connectivity index (χ1n) is 9.33. The third-order valence-corrected chi connectivity index (χ3v) is 5.98. The molecular weight excluding hydrogens is 442 g/mol. The molecule has 2 aromatic rings. The largest absolute Gasteiger partial charge is 0.493 e. The predicted octanol–water partition coefficient (Wildman–Crippen LogP) is 5.30. The van der Waals surface area contributed by atoms with Crippen LogP contribution in [0.25, 0.3) is 6.08 Å². The highest BCUT2D eigenvalue weighted by atomic mass is 35.5. The number of rotatable bonds is 8. The summed E-state index contributed by atoms with van der Waals surface area (Å²) in [4.78, 5) is 12.4. The van der Waals surface area contributed by atoms with Crippen molar-refractivity contribution >= 4 is 51.9 Å². The number of carbonyl (C=O) groups excluding carboxylic acids is 1. The van der Waals surface area contributed by atoms with Crippen LogP contribution in [0.2, 0.25) is 5.02 Å². The van der Waals surface area contributed by atoms with Crippen molar-refractivity contribution in [2.75, 3.05) is 20.3 Å². The summed E-state index contributed by atoms with van der Waals surface area (Å²) in [6, 6.07) is 9.51. The molecule has 1 amide bonds. The Morgan fingerprint density at radius 2 is 1.93 bits per heavy atom. The molecule has 0 radical (unpaired) electrons. The Morgan fingerprint density at radius 3 is 2.63 bits per heavy atom. The standard InChI is InChI=1S/C22H22ClNO4S2/c1-13-6-4-7-17(14(13)2)27-8-5-9-28-20-16(23)10-15(11-18(20)26-3)12-19-21(25)24-22(29)30-19/h4,6-7,10-12H,5,8-9H2,1-3H3,(H,24,25,29)/b19-12+. The van der Waals surface area contributed by atoms with Gasteiger partial charge in [-0.15, -0.1) is 0 Å². The normalized spacial score (nSPS) is 14.7. The minimum Gasteiger partial charge on any atom is -0.493 e. The van der Waals surface area contributed by atoms with E-state index in [-0.39, 0.29) is 5.91 Å². The van der Waals surface area contributed by atoms with E-state index in [9.17, 15) is 4.79 Å². The van der Waals surface area contributed by atoms with E-state index in [0.29, 0.717) is 45.4 Å². The second-order valence-corrected chi connectivity index (χ2v) is 8.76. The number of nitrogens with one attached hydrogen (secondary N) is 1. The number of methoxy groups -OCH3 is 1. The molecule has 30 heavy (non-hydrogen) atoms. The van der Waals surface area contributed by atoms with Gasteiger partial charge in [-0.3, -0.25) is 4.79 Å². The summed E-state index contributed by atoms with van der Waals surface area (Å²) < 4.78 is 17.6. The second kappa shape index (κ2) is 10.2. The van der Waals surface area contributed by atoms with Crippen LogP contribution in [0, 0.1) is 13.8 Å². The Morgan fingerprint density at radius 1 is 1.17 bits per heavy atom. The van der Waals surface area contributed by atoms with Crippen molar-refractivity contribution in [1.82, 2.24) is 5.32 Å². The number of amides is 1. The molecule has 0 aromatic heterocycles. The highest BCUT2D eigenvalue weighted by molar-refractivity contribution is 8.26. The fourth-order valence-electron chi connectivity index (χ4n) is 2.83. The fraction of sp³-hybridized carbons (Fsp3) is 0.273. The molecule has 0 aliphatic carbocycles. The quantitative estimate of drug-likeness (QED) is 0.325. The third kappa shape index (κ3) is 5.47. The number of benzene rings is 2. The maximum atomic E-state index is 11.9. The highest BCUT2D eigenvalue weighted by Crippen LogP contribution is 2.38. The molecule has 0 atom stereocenters. The molecule has 0 bridgehead atoms. The van der Waals surface area contributed by atoms with Gasteiger partial charge in [-0.25, -0.2) is 0 Å². The molecule has 8 heteroatoms. The smallest absolute Gasteiger partial charge is 0.263 e. The molecule has 1 N–H and O–H groups in total. The van der Waals surface area contributed by atoms with Gasteiger partial charge < -0.3 is 19.5 Å². The van der Waals surface area contributed by atoms with E-state index < -0.39 is 0 Å². The molecular formula is C22H22ClNO4S2. The van der Waals surface area contributed by atoms with E-state index in [4.69, 9.17) is 38.0 Å². The van der Waals surface area contributed by atoms with Crippen molar-refractivity contribution in [2.45, 2.75) is 20.3 Å². The zero-order valence-electron chi connectivity index (χ0n) is 16.9. The van der Waals surface area contributed by atoms with Gasteiger partial charge in [0.2, 0.25) is 0 Å². The van der Waals surface area contributed by atoms with Crippen LogP contribution >= 0.6 is 35.6 Å². The van der Waals surface area contributed by atoms with Gasteiger partial charge in [0.15, 0.2) is 11.5 Å². The van der Waals surface area contributed by atoms with Gasteiger partial charge >= 0.3 is 0 Å². The molecule has 5 nitrogen and oxygen atoms in total. The highest BCUT2D eigenvalue weighted by Gasteiger charge is 2.22. The number of aryl methyl sites for hydroxylation is 1. The summed E-state index contributed by atoms with van der Waals surface area (Å²) in [5, 5.41) is 2.99. The summed E-state index contributed by atoms with van der Waals surface area (Å²) in [6.07, 6.45) is 2.41. The number of thiocarbonyl (C=S) groups is 1. The van der Waals surface area contributed by atoms with Crippen molar-refractivity contribution in [3.63, 3.8) is 0 Å². The zero-order chi connectivity index (χ0) is 21.7.